The zero-order chi connectivity index (χ0) is 11.9. The summed E-state index contributed by atoms with van der Waals surface area (Å²) in [6.45, 7) is 2.01. The molecule has 1 saturated heterocycles. The molecular weight excluding hydrogens is 226 g/mol. The number of anilines is 2. The molecule has 1 aromatic rings. The first kappa shape index (κ1) is 10.8. The Kier molecular flexibility index (Phi) is 2.43. The van der Waals surface area contributed by atoms with Gasteiger partial charge >= 0.3 is 0 Å². The van der Waals surface area contributed by atoms with Crippen LogP contribution in [0.15, 0.2) is 12.1 Å². The molecule has 17 heavy (non-hydrogen) atoms. The lowest BCUT2D eigenvalue weighted by molar-refractivity contribution is 0.0634. The molecule has 0 radical (unpaired) electrons. The predicted octanol–water partition coefficient (Wildman–Crippen LogP) is 2.35. The molecule has 0 amide bonds. The van der Waals surface area contributed by atoms with Crippen molar-refractivity contribution in [3.05, 3.63) is 23.8 Å². The van der Waals surface area contributed by atoms with Crippen molar-refractivity contribution in [3.8, 4) is 0 Å². The first-order chi connectivity index (χ1) is 8.19. The number of ether oxygens (including phenoxy) is 1. The molecule has 5 heteroatoms. The number of fused-ring (bicyclic) bond motifs is 1. The Morgan fingerprint density at radius 2 is 1.94 bits per heavy atom. The van der Waals surface area contributed by atoms with Crippen molar-refractivity contribution < 1.29 is 13.5 Å². The topological polar surface area (TPSA) is 33.3 Å². The molecule has 1 aromatic carbocycles. The van der Waals surface area contributed by atoms with Gasteiger partial charge in [0.15, 0.2) is 5.82 Å². The van der Waals surface area contributed by atoms with Crippen molar-refractivity contribution in [1.29, 1.82) is 0 Å². The lowest BCUT2D eigenvalue weighted by atomic mass is 9.87. The van der Waals surface area contributed by atoms with Gasteiger partial charge in [0.1, 0.15) is 5.82 Å². The smallest absolute Gasteiger partial charge is 0.151 e. The van der Waals surface area contributed by atoms with Gasteiger partial charge in [-0.15, -0.1) is 0 Å². The van der Waals surface area contributed by atoms with Gasteiger partial charge in [0, 0.05) is 25.8 Å². The van der Waals surface area contributed by atoms with E-state index in [-0.39, 0.29) is 5.54 Å². The zero-order valence-electron chi connectivity index (χ0n) is 9.35. The maximum atomic E-state index is 13.5. The lowest BCUT2D eigenvalue weighted by Crippen LogP contribution is -2.51. The fourth-order valence-electron chi connectivity index (χ4n) is 2.50. The third kappa shape index (κ3) is 1.84. The van der Waals surface area contributed by atoms with Crippen molar-refractivity contribution in [2.45, 2.75) is 18.4 Å². The molecule has 1 spiro atoms. The van der Waals surface area contributed by atoms with E-state index in [4.69, 9.17) is 4.74 Å². The first-order valence-corrected chi connectivity index (χ1v) is 5.77. The molecule has 2 aliphatic rings. The Balaban J connectivity index is 1.94. The molecule has 1 fully saturated rings. The van der Waals surface area contributed by atoms with Gasteiger partial charge in [0.05, 0.1) is 16.9 Å². The van der Waals surface area contributed by atoms with Crippen LogP contribution in [0, 0.1) is 11.6 Å². The van der Waals surface area contributed by atoms with E-state index >= 15 is 0 Å². The van der Waals surface area contributed by atoms with Gasteiger partial charge in [0.2, 0.25) is 0 Å². The molecule has 2 N–H and O–H groups in total. The van der Waals surface area contributed by atoms with Crippen molar-refractivity contribution in [2.24, 2.45) is 0 Å². The molecule has 0 atom stereocenters. The van der Waals surface area contributed by atoms with Gasteiger partial charge in [-0.1, -0.05) is 0 Å². The molecule has 3 nitrogen and oxygen atoms in total. The van der Waals surface area contributed by atoms with Crippen LogP contribution < -0.4 is 10.6 Å². The molecule has 92 valence electrons. The molecule has 0 aliphatic carbocycles. The number of hydrogen-bond donors (Lipinski definition) is 2. The third-order valence-electron chi connectivity index (χ3n) is 3.51. The average Bonchev–Trinajstić information content (AvgIpc) is 2.29. The zero-order valence-corrected chi connectivity index (χ0v) is 9.35. The van der Waals surface area contributed by atoms with Crippen molar-refractivity contribution in [1.82, 2.24) is 0 Å². The van der Waals surface area contributed by atoms with Gasteiger partial charge in [-0.05, 0) is 18.9 Å². The molecular formula is C12H14F2N2O. The highest BCUT2D eigenvalue weighted by molar-refractivity contribution is 5.73. The van der Waals surface area contributed by atoms with E-state index in [1.807, 2.05) is 0 Å². The van der Waals surface area contributed by atoms with Crippen molar-refractivity contribution >= 4 is 11.4 Å². The summed E-state index contributed by atoms with van der Waals surface area (Å²) in [4.78, 5) is 0. The van der Waals surface area contributed by atoms with E-state index in [0.29, 0.717) is 31.1 Å². The van der Waals surface area contributed by atoms with Gasteiger partial charge < -0.3 is 15.4 Å². The minimum Gasteiger partial charge on any atom is -0.381 e. The van der Waals surface area contributed by atoms with Crippen molar-refractivity contribution in [2.75, 3.05) is 30.4 Å². The summed E-state index contributed by atoms with van der Waals surface area (Å²) in [5.41, 5.74) is 0.741. The molecule has 0 bridgehead atoms. The average molecular weight is 240 g/mol. The number of hydrogen-bond acceptors (Lipinski definition) is 3. The molecule has 2 aliphatic heterocycles. The number of halogens is 2. The maximum Gasteiger partial charge on any atom is 0.151 e. The Morgan fingerprint density at radius 3 is 2.71 bits per heavy atom. The summed E-state index contributed by atoms with van der Waals surface area (Å²) in [7, 11) is 0. The fourth-order valence-corrected chi connectivity index (χ4v) is 2.50. The molecule has 0 saturated carbocycles. The second-order valence-electron chi connectivity index (χ2n) is 4.68. The van der Waals surface area contributed by atoms with Gasteiger partial charge in [0.25, 0.3) is 0 Å². The van der Waals surface area contributed by atoms with Gasteiger partial charge in [-0.2, -0.15) is 0 Å². The van der Waals surface area contributed by atoms with Crippen molar-refractivity contribution in [3.63, 3.8) is 0 Å². The Hall–Kier alpha value is -1.36. The summed E-state index contributed by atoms with van der Waals surface area (Å²) < 4.78 is 32.0. The van der Waals surface area contributed by atoms with E-state index in [0.717, 1.165) is 18.9 Å². The van der Waals surface area contributed by atoms with Crippen LogP contribution in [0.3, 0.4) is 0 Å². The van der Waals surface area contributed by atoms with Crippen LogP contribution >= 0.6 is 0 Å². The van der Waals surface area contributed by atoms with E-state index in [1.165, 1.54) is 6.07 Å². The third-order valence-corrected chi connectivity index (χ3v) is 3.51. The molecule has 0 aromatic heterocycles. The van der Waals surface area contributed by atoms with Gasteiger partial charge in [-0.25, -0.2) is 8.78 Å². The summed E-state index contributed by atoms with van der Waals surface area (Å²) in [5.74, 6) is -1.10. The second kappa shape index (κ2) is 3.84. The largest absolute Gasteiger partial charge is 0.381 e. The predicted molar refractivity (Wildman–Crippen MR) is 61.3 cm³/mol. The fraction of sp³-hybridized carbons (Fsp3) is 0.500. The summed E-state index contributed by atoms with van der Waals surface area (Å²) in [5, 5.41) is 6.33. The molecule has 0 unspecified atom stereocenters. The summed E-state index contributed by atoms with van der Waals surface area (Å²) in [6, 6.07) is 2.23. The van der Waals surface area contributed by atoms with E-state index in [1.54, 1.807) is 0 Å². The lowest BCUT2D eigenvalue weighted by Gasteiger charge is -2.43. The Bertz CT molecular complexity index is 444. The Labute approximate surface area is 98.2 Å². The highest BCUT2D eigenvalue weighted by Crippen LogP contribution is 2.37. The van der Waals surface area contributed by atoms with Crippen LogP contribution in [-0.4, -0.2) is 25.3 Å². The quantitative estimate of drug-likeness (QED) is 0.730. The molecule has 2 heterocycles. The van der Waals surface area contributed by atoms with Crippen LogP contribution in [-0.2, 0) is 4.74 Å². The van der Waals surface area contributed by atoms with Crippen LogP contribution in [0.4, 0.5) is 20.2 Å². The minimum absolute atomic E-state index is 0.133. The second-order valence-corrected chi connectivity index (χ2v) is 4.68. The van der Waals surface area contributed by atoms with E-state index in [9.17, 15) is 8.78 Å². The normalized spacial score (nSPS) is 21.5. The number of benzene rings is 1. The summed E-state index contributed by atoms with van der Waals surface area (Å²) in [6.07, 6.45) is 1.69. The van der Waals surface area contributed by atoms with Crippen LogP contribution in [0.25, 0.3) is 0 Å². The SMILES string of the molecule is Fc1cc(F)c2c(c1)NC1(CCOCC1)CN2. The number of nitrogens with one attached hydrogen (secondary N) is 2. The minimum atomic E-state index is -0.556. The van der Waals surface area contributed by atoms with Crippen LogP contribution in [0.1, 0.15) is 12.8 Å². The summed E-state index contributed by atoms with van der Waals surface area (Å²) >= 11 is 0. The standard InChI is InChI=1S/C12H14F2N2O/c13-8-5-9(14)11-10(6-8)16-12(7-15-11)1-3-17-4-2-12/h5-6,15-16H,1-4,7H2. The monoisotopic (exact) mass is 240 g/mol. The van der Waals surface area contributed by atoms with Crippen LogP contribution in [0.5, 0.6) is 0 Å². The van der Waals surface area contributed by atoms with E-state index in [2.05, 4.69) is 10.6 Å². The van der Waals surface area contributed by atoms with Crippen LogP contribution in [0.2, 0.25) is 0 Å². The molecule has 3 rings (SSSR count). The first-order valence-electron chi connectivity index (χ1n) is 5.77. The highest BCUT2D eigenvalue weighted by Gasteiger charge is 2.36. The van der Waals surface area contributed by atoms with Gasteiger partial charge in [-0.3, -0.25) is 0 Å². The Morgan fingerprint density at radius 1 is 1.18 bits per heavy atom. The highest BCUT2D eigenvalue weighted by atomic mass is 19.1. The maximum absolute atomic E-state index is 13.5. The van der Waals surface area contributed by atoms with E-state index < -0.39 is 11.6 Å². The number of rotatable bonds is 0.